The van der Waals surface area contributed by atoms with Gasteiger partial charge in [0.15, 0.2) is 11.5 Å². The van der Waals surface area contributed by atoms with E-state index in [4.69, 9.17) is 4.98 Å². The second-order valence-electron chi connectivity index (χ2n) is 9.57. The predicted octanol–water partition coefficient (Wildman–Crippen LogP) is 5.52. The van der Waals surface area contributed by atoms with Crippen molar-refractivity contribution < 1.29 is 0 Å². The molecule has 1 aliphatic carbocycles. The largest absolute Gasteiger partial charge is 0.365 e. The van der Waals surface area contributed by atoms with Crippen molar-refractivity contribution >= 4 is 28.6 Å². The zero-order valence-corrected chi connectivity index (χ0v) is 19.3. The molecule has 0 radical (unpaired) electrons. The molecule has 3 N–H and O–H groups in total. The molecule has 3 aromatic rings. The monoisotopic (exact) mass is 433 g/mol. The molecule has 7 heteroatoms. The molecule has 1 saturated heterocycles. The summed E-state index contributed by atoms with van der Waals surface area (Å²) in [4.78, 5) is 19.6. The molecule has 32 heavy (non-hydrogen) atoms. The maximum Gasteiger partial charge on any atom is 0.231 e. The zero-order valence-electron chi connectivity index (χ0n) is 19.3. The number of hydrogen-bond donors (Lipinski definition) is 3. The summed E-state index contributed by atoms with van der Waals surface area (Å²) in [5.74, 6) is 1.43. The summed E-state index contributed by atoms with van der Waals surface area (Å²) >= 11 is 0. The van der Waals surface area contributed by atoms with Gasteiger partial charge in [0.2, 0.25) is 5.95 Å². The van der Waals surface area contributed by atoms with Crippen LogP contribution in [0.15, 0.2) is 24.5 Å². The van der Waals surface area contributed by atoms with Gasteiger partial charge < -0.3 is 15.6 Å². The minimum absolute atomic E-state index is 0.469. The number of fused-ring (bicyclic) bond motifs is 1. The van der Waals surface area contributed by atoms with E-state index in [-0.39, 0.29) is 0 Å². The number of nitrogens with zero attached hydrogens (tertiary/aromatic N) is 4. The topological polar surface area (TPSA) is 81.8 Å². The first-order valence-electron chi connectivity index (χ1n) is 12.2. The molecule has 1 aliphatic heterocycles. The zero-order chi connectivity index (χ0) is 21.9. The number of imidazole rings is 1. The molecule has 2 aliphatic rings. The van der Waals surface area contributed by atoms with Crippen LogP contribution in [-0.2, 0) is 6.54 Å². The Morgan fingerprint density at radius 1 is 1.06 bits per heavy atom. The highest BCUT2D eigenvalue weighted by Gasteiger charge is 2.19. The van der Waals surface area contributed by atoms with Crippen molar-refractivity contribution in [3.05, 3.63) is 35.7 Å². The average Bonchev–Trinajstić information content (AvgIpc) is 3.27. The number of anilines is 3. The van der Waals surface area contributed by atoms with E-state index in [1.165, 1.54) is 69.0 Å². The number of benzene rings is 1. The summed E-state index contributed by atoms with van der Waals surface area (Å²) in [7, 11) is 0. The molecule has 3 heterocycles. The summed E-state index contributed by atoms with van der Waals surface area (Å²) in [6, 6.07) is 7.82. The van der Waals surface area contributed by atoms with Crippen molar-refractivity contribution in [2.75, 3.05) is 17.2 Å². The fourth-order valence-corrected chi connectivity index (χ4v) is 5.15. The third kappa shape index (κ3) is 4.72. The Hall–Kier alpha value is -2.67. The summed E-state index contributed by atoms with van der Waals surface area (Å²) in [6.45, 7) is 6.73. The van der Waals surface area contributed by atoms with Crippen LogP contribution >= 0.6 is 0 Å². The highest BCUT2D eigenvalue weighted by molar-refractivity contribution is 5.84. The third-order valence-electron chi connectivity index (χ3n) is 7.10. The Labute approximate surface area is 190 Å². The molecule has 1 unspecified atom stereocenters. The van der Waals surface area contributed by atoms with Crippen molar-refractivity contribution in [3.63, 3.8) is 0 Å². The van der Waals surface area contributed by atoms with Crippen LogP contribution in [0.2, 0.25) is 0 Å². The highest BCUT2D eigenvalue weighted by atomic mass is 15.2. The quantitative estimate of drug-likeness (QED) is 0.475. The normalized spacial score (nSPS) is 20.5. The van der Waals surface area contributed by atoms with Crippen LogP contribution in [0.25, 0.3) is 11.2 Å². The fourth-order valence-electron chi connectivity index (χ4n) is 5.15. The van der Waals surface area contributed by atoms with Gasteiger partial charge in [0.25, 0.3) is 0 Å². The van der Waals surface area contributed by atoms with Gasteiger partial charge in [-0.25, -0.2) is 4.98 Å². The molecule has 5 rings (SSSR count). The molecule has 1 saturated carbocycles. The van der Waals surface area contributed by atoms with Gasteiger partial charge in [0.1, 0.15) is 5.52 Å². The van der Waals surface area contributed by atoms with E-state index in [9.17, 15) is 0 Å². The molecule has 1 aromatic carbocycles. The molecule has 0 spiro atoms. The van der Waals surface area contributed by atoms with Gasteiger partial charge in [0.05, 0.1) is 6.33 Å². The second kappa shape index (κ2) is 9.45. The molecule has 0 amide bonds. The number of aryl methyl sites for hydroxylation is 1. The Kier molecular flexibility index (Phi) is 6.26. The van der Waals surface area contributed by atoms with Crippen LogP contribution in [0.3, 0.4) is 0 Å². The summed E-state index contributed by atoms with van der Waals surface area (Å²) < 4.78 is 0. The van der Waals surface area contributed by atoms with Gasteiger partial charge in [-0.1, -0.05) is 37.8 Å². The summed E-state index contributed by atoms with van der Waals surface area (Å²) in [5.41, 5.74) is 5.18. The number of likely N-dealkylation sites (tertiary alicyclic amines) is 1. The first-order valence-corrected chi connectivity index (χ1v) is 12.2. The van der Waals surface area contributed by atoms with E-state index in [0.29, 0.717) is 23.7 Å². The lowest BCUT2D eigenvalue weighted by Gasteiger charge is -2.33. The van der Waals surface area contributed by atoms with Crippen LogP contribution in [-0.4, -0.2) is 43.5 Å². The van der Waals surface area contributed by atoms with Gasteiger partial charge in [-0.3, -0.25) is 4.90 Å². The predicted molar refractivity (Wildman–Crippen MR) is 130 cm³/mol. The standard InChI is InChI=1S/C25H35N7/c1-17-14-19(15-32-13-7-6-8-18(32)2)11-12-21(17)29-25-30-23-22(26-16-27-23)24(31-25)28-20-9-4-3-5-10-20/h11-12,14,16,18,20H,3-10,13,15H2,1-2H3,(H3,26,27,28,29,30,31). The van der Waals surface area contributed by atoms with Crippen LogP contribution in [0.5, 0.6) is 0 Å². The first kappa shape index (κ1) is 21.2. The van der Waals surface area contributed by atoms with Crippen LogP contribution < -0.4 is 10.6 Å². The van der Waals surface area contributed by atoms with E-state index in [2.05, 4.69) is 62.5 Å². The number of hydrogen-bond acceptors (Lipinski definition) is 6. The maximum atomic E-state index is 4.82. The van der Waals surface area contributed by atoms with E-state index >= 15 is 0 Å². The number of H-pyrrole nitrogens is 1. The lowest BCUT2D eigenvalue weighted by Crippen LogP contribution is -2.36. The SMILES string of the molecule is Cc1cc(CN2CCCCC2C)ccc1Nc1nc(NC2CCCCC2)c2[nH]cnc2n1. The summed E-state index contributed by atoms with van der Waals surface area (Å²) in [6.07, 6.45) is 11.9. The van der Waals surface area contributed by atoms with Crippen LogP contribution in [0.4, 0.5) is 17.5 Å². The lowest BCUT2D eigenvalue weighted by molar-refractivity contribution is 0.152. The van der Waals surface area contributed by atoms with Crippen molar-refractivity contribution in [3.8, 4) is 0 Å². The Morgan fingerprint density at radius 3 is 2.72 bits per heavy atom. The van der Waals surface area contributed by atoms with Crippen molar-refractivity contribution in [2.24, 2.45) is 0 Å². The van der Waals surface area contributed by atoms with E-state index < -0.39 is 0 Å². The maximum absolute atomic E-state index is 4.82. The van der Waals surface area contributed by atoms with Crippen LogP contribution in [0.1, 0.15) is 69.4 Å². The smallest absolute Gasteiger partial charge is 0.231 e. The van der Waals surface area contributed by atoms with Gasteiger partial charge in [-0.2, -0.15) is 9.97 Å². The van der Waals surface area contributed by atoms with Crippen molar-refractivity contribution in [1.82, 2.24) is 24.8 Å². The first-order chi connectivity index (χ1) is 15.7. The molecular weight excluding hydrogens is 398 g/mol. The van der Waals surface area contributed by atoms with E-state index in [1.54, 1.807) is 6.33 Å². The average molecular weight is 434 g/mol. The van der Waals surface area contributed by atoms with Crippen LogP contribution in [0, 0.1) is 6.92 Å². The highest BCUT2D eigenvalue weighted by Crippen LogP contribution is 2.27. The molecule has 7 nitrogen and oxygen atoms in total. The Bertz CT molecular complexity index is 1050. The van der Waals surface area contributed by atoms with E-state index in [0.717, 1.165) is 23.6 Å². The summed E-state index contributed by atoms with van der Waals surface area (Å²) in [5, 5.41) is 7.08. The van der Waals surface area contributed by atoms with Gasteiger partial charge >= 0.3 is 0 Å². The number of piperidine rings is 1. The molecule has 170 valence electrons. The number of aromatic amines is 1. The molecule has 2 aromatic heterocycles. The molecule has 1 atom stereocenters. The minimum Gasteiger partial charge on any atom is -0.365 e. The second-order valence-corrected chi connectivity index (χ2v) is 9.57. The molecular formula is C25H35N7. The van der Waals surface area contributed by atoms with Crippen molar-refractivity contribution in [1.29, 1.82) is 0 Å². The lowest BCUT2D eigenvalue weighted by atomic mass is 9.95. The number of nitrogens with one attached hydrogen (secondary N) is 3. The van der Waals surface area contributed by atoms with Crippen molar-refractivity contribution in [2.45, 2.75) is 83.8 Å². The van der Waals surface area contributed by atoms with Gasteiger partial charge in [-0.15, -0.1) is 0 Å². The van der Waals surface area contributed by atoms with Gasteiger partial charge in [0, 0.05) is 24.3 Å². The Morgan fingerprint density at radius 2 is 1.91 bits per heavy atom. The van der Waals surface area contributed by atoms with E-state index in [1.807, 2.05) is 0 Å². The number of rotatable bonds is 6. The molecule has 2 fully saturated rings. The third-order valence-corrected chi connectivity index (χ3v) is 7.10. The number of aromatic nitrogens is 4. The molecule has 0 bridgehead atoms. The fraction of sp³-hybridized carbons (Fsp3) is 0.560. The minimum atomic E-state index is 0.469. The van der Waals surface area contributed by atoms with Gasteiger partial charge in [-0.05, 0) is 63.3 Å². The Balaban J connectivity index is 1.33.